The van der Waals surface area contributed by atoms with Gasteiger partial charge in [-0.05, 0) is 42.3 Å². The maximum atomic E-state index is 13.7. The van der Waals surface area contributed by atoms with Crippen molar-refractivity contribution in [2.75, 3.05) is 0 Å². The lowest BCUT2D eigenvalue weighted by Crippen LogP contribution is -2.46. The number of amides is 2. The Kier molecular flexibility index (Phi) is 10.5. The van der Waals surface area contributed by atoms with E-state index in [9.17, 15) is 53.5 Å². The second kappa shape index (κ2) is 12.7. The molecular formula is C24H18Cl2F10N2O2. The van der Waals surface area contributed by atoms with Crippen molar-refractivity contribution in [3.05, 3.63) is 74.5 Å². The fourth-order valence-electron chi connectivity index (χ4n) is 3.35. The number of hydrogen-bond acceptors (Lipinski definition) is 2. The summed E-state index contributed by atoms with van der Waals surface area (Å²) in [6.45, 7) is 1.10. The van der Waals surface area contributed by atoms with Crippen LogP contribution in [0.5, 0.6) is 0 Å². The monoisotopic (exact) mass is 626 g/mol. The zero-order valence-corrected chi connectivity index (χ0v) is 21.5. The highest BCUT2D eigenvalue weighted by Gasteiger charge is 2.40. The van der Waals surface area contributed by atoms with Crippen molar-refractivity contribution in [3.63, 3.8) is 0 Å². The minimum absolute atomic E-state index is 0.397. The lowest BCUT2D eigenvalue weighted by atomic mass is 9.96. The van der Waals surface area contributed by atoms with Crippen LogP contribution in [0.2, 0.25) is 10.0 Å². The molecule has 0 aromatic heterocycles. The van der Waals surface area contributed by atoms with Gasteiger partial charge < -0.3 is 10.6 Å². The smallest absolute Gasteiger partial charge is 0.336 e. The maximum absolute atomic E-state index is 13.7. The van der Waals surface area contributed by atoms with Crippen LogP contribution >= 0.6 is 23.2 Å². The summed E-state index contributed by atoms with van der Waals surface area (Å²) in [4.78, 5) is 24.0. The highest BCUT2D eigenvalue weighted by molar-refractivity contribution is 6.35. The minimum Gasteiger partial charge on any atom is -0.336 e. The molecule has 16 heteroatoms. The van der Waals surface area contributed by atoms with Crippen LogP contribution in [-0.4, -0.2) is 30.3 Å². The number of hydrogen-bond donors (Lipinski definition) is 2. The van der Waals surface area contributed by atoms with Gasteiger partial charge in [-0.25, -0.2) is 4.39 Å². The van der Waals surface area contributed by atoms with Gasteiger partial charge in [-0.15, -0.1) is 0 Å². The van der Waals surface area contributed by atoms with Gasteiger partial charge >= 0.3 is 18.5 Å². The number of rotatable bonds is 8. The van der Waals surface area contributed by atoms with E-state index in [1.807, 2.05) is 10.6 Å². The molecule has 0 aliphatic rings. The van der Waals surface area contributed by atoms with Gasteiger partial charge in [0.2, 0.25) is 5.91 Å². The van der Waals surface area contributed by atoms with Crippen LogP contribution in [0.4, 0.5) is 43.9 Å². The molecule has 40 heavy (non-hydrogen) atoms. The first-order valence-electron chi connectivity index (χ1n) is 11.0. The lowest BCUT2D eigenvalue weighted by Gasteiger charge is -2.19. The molecule has 0 saturated heterocycles. The van der Waals surface area contributed by atoms with Crippen LogP contribution in [0.3, 0.4) is 0 Å². The van der Waals surface area contributed by atoms with Crippen molar-refractivity contribution < 1.29 is 53.5 Å². The predicted octanol–water partition coefficient (Wildman–Crippen LogP) is 8.05. The fourth-order valence-corrected chi connectivity index (χ4v) is 3.85. The Morgan fingerprint density at radius 2 is 1.50 bits per heavy atom. The molecule has 1 unspecified atom stereocenters. The summed E-state index contributed by atoms with van der Waals surface area (Å²) in [5.41, 5.74) is -3.49. The maximum Gasteiger partial charge on any atom is 0.417 e. The van der Waals surface area contributed by atoms with Gasteiger partial charge in [0, 0.05) is 6.42 Å². The molecule has 0 fully saturated rings. The molecule has 2 amide bonds. The van der Waals surface area contributed by atoms with E-state index >= 15 is 0 Å². The van der Waals surface area contributed by atoms with E-state index < -0.39 is 93.4 Å². The normalized spacial score (nSPS) is 14.2. The summed E-state index contributed by atoms with van der Waals surface area (Å²) in [6.07, 6.45) is -17.4. The third-order valence-corrected chi connectivity index (χ3v) is 5.70. The average molecular weight is 627 g/mol. The van der Waals surface area contributed by atoms with Crippen molar-refractivity contribution in [1.29, 1.82) is 0 Å². The van der Waals surface area contributed by atoms with E-state index in [0.29, 0.717) is 36.4 Å². The molecular weight excluding hydrogens is 609 g/mol. The molecule has 220 valence electrons. The van der Waals surface area contributed by atoms with Crippen molar-refractivity contribution in [3.8, 4) is 0 Å². The lowest BCUT2D eigenvalue weighted by molar-refractivity contribution is -0.144. The summed E-state index contributed by atoms with van der Waals surface area (Å²) in [5.74, 6) is -6.09. The van der Waals surface area contributed by atoms with Gasteiger partial charge in [-0.2, -0.15) is 39.5 Å². The van der Waals surface area contributed by atoms with Gasteiger partial charge in [0.25, 0.3) is 5.91 Å². The first kappa shape index (κ1) is 33.2. The Hall–Kier alpha value is -3.00. The zero-order chi connectivity index (χ0) is 30.6. The van der Waals surface area contributed by atoms with Crippen LogP contribution in [0.25, 0.3) is 6.08 Å². The summed E-state index contributed by atoms with van der Waals surface area (Å²) >= 11 is 11.1. The van der Waals surface area contributed by atoms with E-state index in [1.54, 1.807) is 0 Å². The number of carbonyl (C=O) groups excluding carboxylic acids is 2. The van der Waals surface area contributed by atoms with E-state index in [-0.39, 0.29) is 0 Å². The Balaban J connectivity index is 2.31. The first-order chi connectivity index (χ1) is 18.2. The largest absolute Gasteiger partial charge is 0.417 e. The van der Waals surface area contributed by atoms with Crippen LogP contribution in [0.15, 0.2) is 36.4 Å². The molecule has 2 aromatic rings. The second-order valence-electron chi connectivity index (χ2n) is 8.36. The molecule has 0 spiro atoms. The molecule has 0 heterocycles. The number of alkyl halides is 9. The topological polar surface area (TPSA) is 58.2 Å². The SMILES string of the molecule is C[C@H](NC(=O)CCC(F)(F)F)NC(=O)c1ccc(C=CC(c2cc(Cl)c(F)c(Cl)c2)C(F)(F)F)cc1C(F)(F)F. The Labute approximate surface area is 230 Å². The van der Waals surface area contributed by atoms with Crippen molar-refractivity contribution in [2.45, 2.75) is 50.4 Å². The van der Waals surface area contributed by atoms with Gasteiger partial charge in [-0.3, -0.25) is 9.59 Å². The highest BCUT2D eigenvalue weighted by atomic mass is 35.5. The Morgan fingerprint density at radius 1 is 0.925 bits per heavy atom. The first-order valence-corrected chi connectivity index (χ1v) is 11.7. The third-order valence-electron chi connectivity index (χ3n) is 5.15. The molecule has 2 aromatic carbocycles. The predicted molar refractivity (Wildman–Crippen MR) is 126 cm³/mol. The highest BCUT2D eigenvalue weighted by Crippen LogP contribution is 2.40. The average Bonchev–Trinajstić information content (AvgIpc) is 2.79. The summed E-state index contributed by atoms with van der Waals surface area (Å²) in [6, 6.07) is 3.32. The third kappa shape index (κ3) is 9.58. The standard InChI is InChI=1S/C24H18Cl2F10N2O2/c1-11(37-19(39)6-7-22(28,29)30)38-21(40)14-4-2-12(8-16(14)24(34,35)36)3-5-15(23(31,32)33)13-9-17(25)20(27)18(26)10-13/h2-5,8-11,15H,6-7H2,1H3,(H,37,39)(H,38,40)/t11-,15?/m1/s1. The fraction of sp³-hybridized carbons (Fsp3) is 0.333. The van der Waals surface area contributed by atoms with E-state index in [1.165, 1.54) is 0 Å². The van der Waals surface area contributed by atoms with Gasteiger partial charge in [0.05, 0.1) is 39.7 Å². The molecule has 2 rings (SSSR count). The zero-order valence-electron chi connectivity index (χ0n) is 20.0. The quantitative estimate of drug-likeness (QED) is 0.177. The van der Waals surface area contributed by atoms with Crippen LogP contribution in [0, 0.1) is 5.82 Å². The van der Waals surface area contributed by atoms with E-state index in [4.69, 9.17) is 23.2 Å². The van der Waals surface area contributed by atoms with Crippen molar-refractivity contribution in [2.24, 2.45) is 0 Å². The summed E-state index contributed by atoms with van der Waals surface area (Å²) in [5, 5.41) is 2.57. The van der Waals surface area contributed by atoms with Gasteiger partial charge in [0.15, 0.2) is 5.82 Å². The molecule has 0 radical (unpaired) electrons. The minimum atomic E-state index is -5.16. The molecule has 4 nitrogen and oxygen atoms in total. The Bertz CT molecular complexity index is 1250. The molecule has 0 aliphatic carbocycles. The number of benzene rings is 2. The van der Waals surface area contributed by atoms with Gasteiger partial charge in [0.1, 0.15) is 0 Å². The van der Waals surface area contributed by atoms with E-state index in [2.05, 4.69) is 0 Å². The van der Waals surface area contributed by atoms with Crippen LogP contribution in [-0.2, 0) is 11.0 Å². The van der Waals surface area contributed by atoms with Gasteiger partial charge in [-0.1, -0.05) is 41.4 Å². The number of carbonyl (C=O) groups is 2. The molecule has 2 N–H and O–H groups in total. The Morgan fingerprint density at radius 3 is 2.00 bits per heavy atom. The van der Waals surface area contributed by atoms with E-state index in [0.717, 1.165) is 13.0 Å². The molecule has 0 saturated carbocycles. The van der Waals surface area contributed by atoms with Crippen molar-refractivity contribution in [1.82, 2.24) is 10.6 Å². The van der Waals surface area contributed by atoms with Crippen LogP contribution < -0.4 is 10.6 Å². The molecule has 0 aliphatic heterocycles. The molecule has 2 atom stereocenters. The number of halogens is 12. The van der Waals surface area contributed by atoms with Crippen molar-refractivity contribution >= 4 is 41.1 Å². The number of nitrogens with one attached hydrogen (secondary N) is 2. The second-order valence-corrected chi connectivity index (χ2v) is 9.17. The van der Waals surface area contributed by atoms with Crippen LogP contribution in [0.1, 0.15) is 52.7 Å². The summed E-state index contributed by atoms with van der Waals surface area (Å²) in [7, 11) is 0. The molecule has 0 bridgehead atoms. The summed E-state index contributed by atoms with van der Waals surface area (Å²) < 4.78 is 132. The number of allylic oxidation sites excluding steroid dienone is 1.